The smallest absolute Gasteiger partial charge is 0.317 e. The fourth-order valence-corrected chi connectivity index (χ4v) is 2.93. The lowest BCUT2D eigenvalue weighted by Gasteiger charge is -2.26. The molecule has 0 spiro atoms. The van der Waals surface area contributed by atoms with Crippen molar-refractivity contribution < 1.29 is 24.6 Å². The van der Waals surface area contributed by atoms with E-state index in [4.69, 9.17) is 10.2 Å². The van der Waals surface area contributed by atoms with Crippen molar-refractivity contribution in [2.75, 3.05) is 78.2 Å². The minimum absolute atomic E-state index is 0.0251. The van der Waals surface area contributed by atoms with Crippen LogP contribution in [0.1, 0.15) is 0 Å². The van der Waals surface area contributed by atoms with E-state index in [1.165, 1.54) is 0 Å². The van der Waals surface area contributed by atoms with Crippen molar-refractivity contribution in [3.63, 3.8) is 0 Å². The number of thiol groups is 1. The van der Waals surface area contributed by atoms with Gasteiger partial charge in [0.25, 0.3) is 0 Å². The molecule has 0 unspecified atom stereocenters. The molecule has 0 aromatic carbocycles. The molecule has 1 fully saturated rings. The van der Waals surface area contributed by atoms with Gasteiger partial charge in [-0.15, -0.1) is 0 Å². The van der Waals surface area contributed by atoms with Crippen LogP contribution in [-0.4, -0.2) is 126 Å². The van der Waals surface area contributed by atoms with Crippen LogP contribution in [0.2, 0.25) is 0 Å². The average molecular weight is 376 g/mol. The second-order valence-corrected chi connectivity index (χ2v) is 6.60. The van der Waals surface area contributed by atoms with Gasteiger partial charge in [0.15, 0.2) is 0 Å². The van der Waals surface area contributed by atoms with E-state index in [0.29, 0.717) is 51.6 Å². The standard InChI is InChI=1S/C15H28N4O5S/c1-16(8-9-25)13(20)10-17-2-4-18(11-14(21)22)6-7-19(5-3-17)12-15(23)24/h25H,2-12H2,1H3,(H,21,22)(H,23,24). The van der Waals surface area contributed by atoms with E-state index in [1.54, 1.807) is 21.7 Å². The van der Waals surface area contributed by atoms with E-state index in [2.05, 4.69) is 12.6 Å². The number of rotatable bonds is 8. The van der Waals surface area contributed by atoms with Crippen LogP contribution in [0.5, 0.6) is 0 Å². The molecule has 1 aliphatic heterocycles. The molecule has 1 amide bonds. The van der Waals surface area contributed by atoms with Gasteiger partial charge in [0.1, 0.15) is 0 Å². The molecule has 1 rings (SSSR count). The van der Waals surface area contributed by atoms with Crippen molar-refractivity contribution in [2.45, 2.75) is 0 Å². The van der Waals surface area contributed by atoms with Gasteiger partial charge in [0.05, 0.1) is 19.6 Å². The quantitative estimate of drug-likeness (QED) is 0.438. The van der Waals surface area contributed by atoms with Crippen LogP contribution in [0, 0.1) is 0 Å². The Labute approximate surface area is 153 Å². The molecule has 0 bridgehead atoms. The lowest BCUT2D eigenvalue weighted by molar-refractivity contribution is -0.140. The molecule has 1 saturated heterocycles. The Bertz CT molecular complexity index is 437. The summed E-state index contributed by atoms with van der Waals surface area (Å²) in [6, 6.07) is 0. The summed E-state index contributed by atoms with van der Waals surface area (Å²) >= 11 is 4.12. The first-order valence-corrected chi connectivity index (χ1v) is 8.90. The van der Waals surface area contributed by atoms with E-state index in [-0.39, 0.29) is 25.5 Å². The number of carboxylic acids is 2. The van der Waals surface area contributed by atoms with Crippen LogP contribution in [0.25, 0.3) is 0 Å². The van der Waals surface area contributed by atoms with Gasteiger partial charge in [-0.05, 0) is 0 Å². The highest BCUT2D eigenvalue weighted by atomic mass is 32.1. The normalized spacial score (nSPS) is 18.2. The van der Waals surface area contributed by atoms with Crippen molar-refractivity contribution >= 4 is 30.5 Å². The van der Waals surface area contributed by atoms with E-state index >= 15 is 0 Å². The van der Waals surface area contributed by atoms with Gasteiger partial charge in [-0.2, -0.15) is 12.6 Å². The van der Waals surface area contributed by atoms with Crippen LogP contribution >= 0.6 is 12.6 Å². The number of hydrogen-bond donors (Lipinski definition) is 3. The molecule has 1 aliphatic rings. The van der Waals surface area contributed by atoms with E-state index in [1.807, 2.05) is 4.90 Å². The molecule has 1 heterocycles. The first-order chi connectivity index (χ1) is 11.8. The highest BCUT2D eigenvalue weighted by Crippen LogP contribution is 2.02. The molecule has 0 atom stereocenters. The van der Waals surface area contributed by atoms with Gasteiger partial charge in [-0.1, -0.05) is 0 Å². The Morgan fingerprint density at radius 2 is 1.20 bits per heavy atom. The third kappa shape index (κ3) is 9.05. The summed E-state index contributed by atoms with van der Waals surface area (Å²) in [5.41, 5.74) is 0. The molecule has 0 aromatic heterocycles. The fourth-order valence-electron chi connectivity index (χ4n) is 2.63. The number of hydrogen-bond acceptors (Lipinski definition) is 7. The summed E-state index contributed by atoms with van der Waals surface area (Å²) in [5, 5.41) is 18.0. The largest absolute Gasteiger partial charge is 0.480 e. The van der Waals surface area contributed by atoms with Gasteiger partial charge >= 0.3 is 11.9 Å². The number of amides is 1. The SMILES string of the molecule is CN(CCS)C(=O)CN1CCN(CC(=O)O)CCN(CC(=O)O)CC1. The monoisotopic (exact) mass is 376 g/mol. The fraction of sp³-hybridized carbons (Fsp3) is 0.800. The first kappa shape index (κ1) is 21.7. The topological polar surface area (TPSA) is 105 Å². The number of carboxylic acid groups (broad SMARTS) is 2. The molecule has 9 nitrogen and oxygen atoms in total. The summed E-state index contributed by atoms with van der Waals surface area (Å²) in [6.45, 7) is 3.75. The van der Waals surface area contributed by atoms with Gasteiger partial charge in [0.2, 0.25) is 5.91 Å². The van der Waals surface area contributed by atoms with Crippen molar-refractivity contribution in [1.82, 2.24) is 19.6 Å². The van der Waals surface area contributed by atoms with Crippen molar-refractivity contribution in [2.24, 2.45) is 0 Å². The predicted molar refractivity (Wildman–Crippen MR) is 96.1 cm³/mol. The van der Waals surface area contributed by atoms with Crippen LogP contribution in [0.3, 0.4) is 0 Å². The summed E-state index contributed by atoms with van der Waals surface area (Å²) in [6.07, 6.45) is 0. The van der Waals surface area contributed by atoms with E-state index in [9.17, 15) is 14.4 Å². The van der Waals surface area contributed by atoms with Gasteiger partial charge < -0.3 is 15.1 Å². The van der Waals surface area contributed by atoms with Gasteiger partial charge in [-0.3, -0.25) is 29.1 Å². The maximum atomic E-state index is 12.2. The third-order valence-corrected chi connectivity index (χ3v) is 4.34. The Morgan fingerprint density at radius 3 is 1.52 bits per heavy atom. The Kier molecular flexibility index (Phi) is 9.79. The zero-order valence-corrected chi connectivity index (χ0v) is 15.5. The highest BCUT2D eigenvalue weighted by molar-refractivity contribution is 7.80. The molecule has 0 radical (unpaired) electrons. The third-order valence-electron chi connectivity index (χ3n) is 4.14. The minimum Gasteiger partial charge on any atom is -0.480 e. The second kappa shape index (κ2) is 11.3. The lowest BCUT2D eigenvalue weighted by atomic mass is 10.3. The number of carbonyl (C=O) groups excluding carboxylic acids is 1. The molecule has 25 heavy (non-hydrogen) atoms. The zero-order valence-electron chi connectivity index (χ0n) is 14.6. The summed E-state index contributed by atoms with van der Waals surface area (Å²) in [4.78, 5) is 41.4. The van der Waals surface area contributed by atoms with Crippen molar-refractivity contribution in [3.8, 4) is 0 Å². The highest BCUT2D eigenvalue weighted by Gasteiger charge is 2.21. The first-order valence-electron chi connectivity index (χ1n) is 8.27. The lowest BCUT2D eigenvalue weighted by Crippen LogP contribution is -2.44. The molecule has 144 valence electrons. The summed E-state index contributed by atoms with van der Waals surface area (Å²) < 4.78 is 0. The van der Waals surface area contributed by atoms with Crippen LogP contribution in [0.15, 0.2) is 0 Å². The number of nitrogens with zero attached hydrogens (tertiary/aromatic N) is 4. The minimum atomic E-state index is -0.917. The zero-order chi connectivity index (χ0) is 18.8. The van der Waals surface area contributed by atoms with Gasteiger partial charge in [-0.25, -0.2) is 0 Å². The Hall–Kier alpha value is -1.36. The molecule has 0 aliphatic carbocycles. The van der Waals surface area contributed by atoms with E-state index in [0.717, 1.165) is 0 Å². The predicted octanol–water partition coefficient (Wildman–Crippen LogP) is -1.54. The Balaban J connectivity index is 2.71. The molecular weight excluding hydrogens is 348 g/mol. The molecule has 10 heteroatoms. The number of carbonyl (C=O) groups is 3. The molecule has 2 N–H and O–H groups in total. The van der Waals surface area contributed by atoms with Crippen molar-refractivity contribution in [1.29, 1.82) is 0 Å². The van der Waals surface area contributed by atoms with Crippen LogP contribution in [0.4, 0.5) is 0 Å². The number of likely N-dealkylation sites (N-methyl/N-ethyl adjacent to an activating group) is 1. The summed E-state index contributed by atoms with van der Waals surface area (Å²) in [7, 11) is 1.72. The second-order valence-electron chi connectivity index (χ2n) is 6.15. The average Bonchev–Trinajstić information content (AvgIpc) is 2.60. The van der Waals surface area contributed by atoms with Gasteiger partial charge in [0, 0.05) is 58.6 Å². The molecule has 0 aromatic rings. The van der Waals surface area contributed by atoms with Crippen LogP contribution in [-0.2, 0) is 14.4 Å². The maximum Gasteiger partial charge on any atom is 0.317 e. The maximum absolute atomic E-state index is 12.2. The van der Waals surface area contributed by atoms with Crippen molar-refractivity contribution in [3.05, 3.63) is 0 Å². The molecule has 0 saturated carbocycles. The Morgan fingerprint density at radius 1 is 0.840 bits per heavy atom. The van der Waals surface area contributed by atoms with Crippen LogP contribution < -0.4 is 0 Å². The number of aliphatic carboxylic acids is 2. The van der Waals surface area contributed by atoms with E-state index < -0.39 is 11.9 Å². The summed E-state index contributed by atoms with van der Waals surface area (Å²) in [5.74, 6) is -1.27. The molecular formula is C15H28N4O5S.